The molecule has 3 aromatic carbocycles. The first-order chi connectivity index (χ1) is 15.5. The molecular weight excluding hydrogens is 386 g/mol. The van der Waals surface area contributed by atoms with Gasteiger partial charge >= 0.3 is 0 Å². The van der Waals surface area contributed by atoms with Gasteiger partial charge in [-0.2, -0.15) is 0 Å². The number of aromatic nitrogens is 1. The Morgan fingerprint density at radius 3 is 2.22 bits per heavy atom. The summed E-state index contributed by atoms with van der Waals surface area (Å²) in [6.45, 7) is 11.1. The van der Waals surface area contributed by atoms with Crippen LogP contribution >= 0.6 is 0 Å². The van der Waals surface area contributed by atoms with Crippen molar-refractivity contribution in [2.24, 2.45) is 0 Å². The number of fused-ring (bicyclic) bond motifs is 3. The molecule has 1 unspecified atom stereocenters. The van der Waals surface area contributed by atoms with E-state index in [1.807, 2.05) is 0 Å². The normalized spacial score (nSPS) is 15.0. The summed E-state index contributed by atoms with van der Waals surface area (Å²) in [5, 5.41) is 2.58. The molecule has 1 atom stereocenters. The largest absolute Gasteiger partial charge is 0.355 e. The van der Waals surface area contributed by atoms with Gasteiger partial charge < -0.3 is 4.98 Å². The smallest absolute Gasteiger partial charge is 0.0465 e. The molecular formula is C31H31N. The Hall–Kier alpha value is -3.32. The molecule has 1 nitrogen and oxygen atoms in total. The van der Waals surface area contributed by atoms with E-state index in [0.717, 1.165) is 12.0 Å². The second-order valence-corrected chi connectivity index (χ2v) is 9.25. The molecule has 1 aliphatic carbocycles. The number of allylic oxidation sites excluding steroid dienone is 4. The van der Waals surface area contributed by atoms with Crippen LogP contribution in [0.2, 0.25) is 0 Å². The predicted molar refractivity (Wildman–Crippen MR) is 139 cm³/mol. The highest BCUT2D eigenvalue weighted by atomic mass is 14.7. The Morgan fingerprint density at radius 2 is 1.53 bits per heavy atom. The molecule has 32 heavy (non-hydrogen) atoms. The van der Waals surface area contributed by atoms with Crippen LogP contribution in [0, 0.1) is 6.92 Å². The molecule has 0 saturated heterocycles. The van der Waals surface area contributed by atoms with Crippen LogP contribution in [0.15, 0.2) is 90.5 Å². The van der Waals surface area contributed by atoms with Crippen LogP contribution in [-0.4, -0.2) is 4.98 Å². The Labute approximate surface area is 191 Å². The van der Waals surface area contributed by atoms with Gasteiger partial charge in [0, 0.05) is 27.7 Å². The van der Waals surface area contributed by atoms with Crippen molar-refractivity contribution in [3.63, 3.8) is 0 Å². The molecule has 5 rings (SSSR count). The lowest BCUT2D eigenvalue weighted by Crippen LogP contribution is -2.04. The van der Waals surface area contributed by atoms with E-state index in [4.69, 9.17) is 0 Å². The highest BCUT2D eigenvalue weighted by Crippen LogP contribution is 2.37. The molecule has 0 fully saturated rings. The van der Waals surface area contributed by atoms with E-state index in [-0.39, 0.29) is 0 Å². The number of H-pyrrole nitrogens is 1. The van der Waals surface area contributed by atoms with Gasteiger partial charge in [-0.3, -0.25) is 0 Å². The number of aromatic amines is 1. The first-order valence-electron chi connectivity index (χ1n) is 11.7. The van der Waals surface area contributed by atoms with E-state index in [0.29, 0.717) is 5.92 Å². The molecule has 1 aliphatic rings. The average molecular weight is 418 g/mol. The SMILES string of the molecule is C=C(c1ccc(C)cc1)c1ccc2[nH]c3ccc(C(CC)C4=CC=C(C)CC4)cc3c2c1. The van der Waals surface area contributed by atoms with Crippen molar-refractivity contribution in [2.75, 3.05) is 0 Å². The molecule has 1 N–H and O–H groups in total. The molecule has 0 aliphatic heterocycles. The van der Waals surface area contributed by atoms with Gasteiger partial charge in [-0.15, -0.1) is 0 Å². The Balaban J connectivity index is 1.57. The molecule has 1 heterocycles. The summed E-state index contributed by atoms with van der Waals surface area (Å²) >= 11 is 0. The maximum atomic E-state index is 4.40. The van der Waals surface area contributed by atoms with Gasteiger partial charge in [0.1, 0.15) is 0 Å². The number of nitrogens with one attached hydrogen (secondary N) is 1. The van der Waals surface area contributed by atoms with E-state index in [9.17, 15) is 0 Å². The minimum absolute atomic E-state index is 0.486. The standard InChI is InChI=1S/C31H31N/c1-5-27(24-12-8-21(3)9-13-24)26-15-17-31-29(19-26)28-18-25(14-16-30(28)32-31)22(4)23-10-6-20(2)7-11-23/h6-8,10-12,14-19,27,32H,4-5,9,13H2,1-3H3. The summed E-state index contributed by atoms with van der Waals surface area (Å²) in [6.07, 6.45) is 8.14. The van der Waals surface area contributed by atoms with Gasteiger partial charge in [-0.25, -0.2) is 0 Å². The molecule has 0 spiro atoms. The van der Waals surface area contributed by atoms with Crippen molar-refractivity contribution in [3.8, 4) is 0 Å². The summed E-state index contributed by atoms with van der Waals surface area (Å²) in [6, 6.07) is 22.3. The number of aryl methyl sites for hydroxylation is 1. The predicted octanol–water partition coefficient (Wildman–Crippen LogP) is 8.85. The Bertz CT molecular complexity index is 1380. The van der Waals surface area contributed by atoms with Crippen molar-refractivity contribution in [1.82, 2.24) is 4.98 Å². The summed E-state index contributed by atoms with van der Waals surface area (Å²) in [4.78, 5) is 3.61. The van der Waals surface area contributed by atoms with E-state index >= 15 is 0 Å². The van der Waals surface area contributed by atoms with Crippen LogP contribution in [-0.2, 0) is 0 Å². The number of hydrogen-bond donors (Lipinski definition) is 1. The Morgan fingerprint density at radius 1 is 0.844 bits per heavy atom. The molecule has 0 amide bonds. The van der Waals surface area contributed by atoms with E-state index in [2.05, 4.69) is 105 Å². The third kappa shape index (κ3) is 3.73. The lowest BCUT2D eigenvalue weighted by Gasteiger charge is -2.22. The quantitative estimate of drug-likeness (QED) is 0.334. The van der Waals surface area contributed by atoms with Gasteiger partial charge in [0.25, 0.3) is 0 Å². The third-order valence-electron chi connectivity index (χ3n) is 7.02. The fourth-order valence-electron chi connectivity index (χ4n) is 5.00. The number of rotatable bonds is 5. The van der Waals surface area contributed by atoms with E-state index < -0.39 is 0 Å². The van der Waals surface area contributed by atoms with Crippen LogP contribution in [0.25, 0.3) is 27.4 Å². The lowest BCUT2D eigenvalue weighted by atomic mass is 9.83. The summed E-state index contributed by atoms with van der Waals surface area (Å²) < 4.78 is 0. The first kappa shape index (κ1) is 20.6. The van der Waals surface area contributed by atoms with E-state index in [1.165, 1.54) is 62.5 Å². The molecule has 1 heteroatoms. The fraction of sp³-hybridized carbons (Fsp3) is 0.226. The van der Waals surface area contributed by atoms with Crippen LogP contribution in [0.4, 0.5) is 0 Å². The lowest BCUT2D eigenvalue weighted by molar-refractivity contribution is 0.704. The van der Waals surface area contributed by atoms with Gasteiger partial charge in [-0.05, 0) is 79.6 Å². The fourth-order valence-corrected chi connectivity index (χ4v) is 5.00. The Kier molecular flexibility index (Phi) is 5.35. The van der Waals surface area contributed by atoms with Crippen LogP contribution < -0.4 is 0 Å². The molecule has 4 aromatic rings. The molecule has 1 aromatic heterocycles. The molecule has 0 radical (unpaired) electrons. The maximum absolute atomic E-state index is 4.40. The average Bonchev–Trinajstić information content (AvgIpc) is 3.18. The molecule has 0 saturated carbocycles. The first-order valence-corrected chi connectivity index (χ1v) is 11.7. The second kappa shape index (κ2) is 8.31. The van der Waals surface area contributed by atoms with Crippen molar-refractivity contribution in [3.05, 3.63) is 113 Å². The third-order valence-corrected chi connectivity index (χ3v) is 7.02. The topological polar surface area (TPSA) is 15.8 Å². The summed E-state index contributed by atoms with van der Waals surface area (Å²) in [7, 11) is 0. The van der Waals surface area contributed by atoms with Crippen molar-refractivity contribution >= 4 is 27.4 Å². The van der Waals surface area contributed by atoms with Gasteiger partial charge in [-0.1, -0.05) is 78.8 Å². The second-order valence-electron chi connectivity index (χ2n) is 9.25. The van der Waals surface area contributed by atoms with Crippen LogP contribution in [0.5, 0.6) is 0 Å². The zero-order chi connectivity index (χ0) is 22.2. The summed E-state index contributed by atoms with van der Waals surface area (Å²) in [5.41, 5.74) is 11.5. The zero-order valence-electron chi connectivity index (χ0n) is 19.3. The van der Waals surface area contributed by atoms with Gasteiger partial charge in [0.05, 0.1) is 0 Å². The highest BCUT2D eigenvalue weighted by molar-refractivity contribution is 6.08. The van der Waals surface area contributed by atoms with Crippen LogP contribution in [0.3, 0.4) is 0 Å². The minimum Gasteiger partial charge on any atom is -0.355 e. The maximum Gasteiger partial charge on any atom is 0.0465 e. The summed E-state index contributed by atoms with van der Waals surface area (Å²) in [5.74, 6) is 0.486. The highest BCUT2D eigenvalue weighted by Gasteiger charge is 2.18. The van der Waals surface area contributed by atoms with Gasteiger partial charge in [0.15, 0.2) is 0 Å². The van der Waals surface area contributed by atoms with E-state index in [1.54, 1.807) is 5.57 Å². The van der Waals surface area contributed by atoms with Crippen molar-refractivity contribution < 1.29 is 0 Å². The minimum atomic E-state index is 0.486. The number of benzene rings is 3. The zero-order valence-corrected chi connectivity index (χ0v) is 19.3. The molecule has 0 bridgehead atoms. The molecule has 160 valence electrons. The van der Waals surface area contributed by atoms with Gasteiger partial charge in [0.2, 0.25) is 0 Å². The van der Waals surface area contributed by atoms with Crippen LogP contribution in [0.1, 0.15) is 61.3 Å². The monoisotopic (exact) mass is 417 g/mol. The van der Waals surface area contributed by atoms with Crippen molar-refractivity contribution in [1.29, 1.82) is 0 Å². The number of hydrogen-bond acceptors (Lipinski definition) is 0. The van der Waals surface area contributed by atoms with Crippen molar-refractivity contribution in [2.45, 2.75) is 46.0 Å².